The Morgan fingerprint density at radius 3 is 2.90 bits per heavy atom. The zero-order valence-corrected chi connectivity index (χ0v) is 16.5. The van der Waals surface area contributed by atoms with Crippen LogP contribution in [0.4, 0.5) is 0 Å². The lowest BCUT2D eigenvalue weighted by molar-refractivity contribution is 0.0448. The van der Waals surface area contributed by atoms with E-state index in [4.69, 9.17) is 14.0 Å². The quantitative estimate of drug-likeness (QED) is 0.542. The highest BCUT2D eigenvalue weighted by Gasteiger charge is 2.23. The van der Waals surface area contributed by atoms with Crippen LogP contribution in [0.1, 0.15) is 58.5 Å². The highest BCUT2D eigenvalue weighted by Crippen LogP contribution is 2.19. The number of rotatable bonds is 6. The van der Waals surface area contributed by atoms with Crippen LogP contribution in [-0.4, -0.2) is 53.2 Å². The molecule has 0 saturated carbocycles. The van der Waals surface area contributed by atoms with E-state index >= 15 is 0 Å². The highest BCUT2D eigenvalue weighted by molar-refractivity contribution is 5.96. The number of aromatic amines is 1. The van der Waals surface area contributed by atoms with E-state index in [2.05, 4.69) is 10.4 Å². The Kier molecular flexibility index (Phi) is 7.23. The smallest absolute Gasteiger partial charge is 0.377 e. The van der Waals surface area contributed by atoms with Crippen LogP contribution in [0, 0.1) is 0 Å². The van der Waals surface area contributed by atoms with Crippen molar-refractivity contribution in [1.29, 1.82) is 0 Å². The lowest BCUT2D eigenvalue weighted by atomic mass is 10.1. The monoisotopic (exact) mass is 406 g/mol. The molecule has 2 aromatic rings. The van der Waals surface area contributed by atoms with Crippen molar-refractivity contribution in [3.8, 4) is 0 Å². The fourth-order valence-corrected chi connectivity index (χ4v) is 3.24. The van der Waals surface area contributed by atoms with Gasteiger partial charge in [-0.2, -0.15) is 10.3 Å². The number of carbonyl (C=O) groups excluding carboxylic acids is 2. The fourth-order valence-electron chi connectivity index (χ4n) is 3.24. The van der Waals surface area contributed by atoms with Gasteiger partial charge in [-0.15, -0.1) is 0 Å². The van der Waals surface area contributed by atoms with E-state index in [1.54, 1.807) is 0 Å². The van der Waals surface area contributed by atoms with Crippen molar-refractivity contribution in [3.05, 3.63) is 39.1 Å². The first-order valence-corrected chi connectivity index (χ1v) is 9.90. The Balaban J connectivity index is 1.66. The van der Waals surface area contributed by atoms with Gasteiger partial charge in [-0.3, -0.25) is 14.3 Å². The summed E-state index contributed by atoms with van der Waals surface area (Å²) >= 11 is 0. The van der Waals surface area contributed by atoms with E-state index in [1.807, 2.05) is 16.8 Å². The lowest BCUT2D eigenvalue weighted by Crippen LogP contribution is -2.26. The van der Waals surface area contributed by atoms with Crippen LogP contribution in [0.2, 0.25) is 0 Å². The molecule has 1 aliphatic rings. The first-order valence-electron chi connectivity index (χ1n) is 9.90. The van der Waals surface area contributed by atoms with Crippen LogP contribution in [0.25, 0.3) is 0 Å². The van der Waals surface area contributed by atoms with Gasteiger partial charge < -0.3 is 19.3 Å². The van der Waals surface area contributed by atoms with E-state index in [-0.39, 0.29) is 18.3 Å². The molecule has 158 valence electrons. The second kappa shape index (κ2) is 10.1. The van der Waals surface area contributed by atoms with Gasteiger partial charge in [0.05, 0.1) is 29.6 Å². The number of fused-ring (bicyclic) bond motifs is 1. The van der Waals surface area contributed by atoms with Gasteiger partial charge in [0.1, 0.15) is 0 Å². The summed E-state index contributed by atoms with van der Waals surface area (Å²) in [6.07, 6.45) is 3.43. The van der Waals surface area contributed by atoms with Gasteiger partial charge in [0.2, 0.25) is 5.76 Å². The molecule has 0 radical (unpaired) electrons. The third kappa shape index (κ3) is 5.35. The van der Waals surface area contributed by atoms with Crippen LogP contribution in [-0.2, 0) is 28.9 Å². The summed E-state index contributed by atoms with van der Waals surface area (Å²) in [5.41, 5.74) is 1.81. The van der Waals surface area contributed by atoms with E-state index in [9.17, 15) is 14.4 Å². The molecular formula is C19H26N4O6. The molecule has 2 aromatic heterocycles. The Morgan fingerprint density at radius 2 is 2.14 bits per heavy atom. The number of amides is 1. The minimum absolute atomic E-state index is 0.0982. The second-order valence-corrected chi connectivity index (χ2v) is 6.74. The zero-order chi connectivity index (χ0) is 20.6. The topological polar surface area (TPSA) is 128 Å². The van der Waals surface area contributed by atoms with Crippen molar-refractivity contribution >= 4 is 11.9 Å². The molecule has 3 rings (SSSR count). The molecule has 10 nitrogen and oxygen atoms in total. The van der Waals surface area contributed by atoms with Gasteiger partial charge >= 0.3 is 5.97 Å². The molecule has 0 atom stereocenters. The largest absolute Gasteiger partial charge is 0.460 e. The predicted molar refractivity (Wildman–Crippen MR) is 102 cm³/mol. The van der Waals surface area contributed by atoms with Gasteiger partial charge in [0, 0.05) is 32.7 Å². The minimum atomic E-state index is -0.700. The maximum atomic E-state index is 12.7. The third-order valence-corrected chi connectivity index (χ3v) is 4.62. The molecule has 0 bridgehead atoms. The summed E-state index contributed by atoms with van der Waals surface area (Å²) in [6, 6.07) is 1.04. The van der Waals surface area contributed by atoms with Crippen molar-refractivity contribution in [1.82, 2.24) is 20.3 Å². The maximum absolute atomic E-state index is 12.7. The number of hydrogen-bond donors (Lipinski definition) is 2. The number of hydrogen-bond acceptors (Lipinski definition) is 7. The van der Waals surface area contributed by atoms with Crippen molar-refractivity contribution < 1.29 is 23.6 Å². The molecule has 1 aliphatic heterocycles. The summed E-state index contributed by atoms with van der Waals surface area (Å²) in [7, 11) is 0. The third-order valence-electron chi connectivity index (χ3n) is 4.62. The average Bonchev–Trinajstić information content (AvgIpc) is 3.29. The Hall–Kier alpha value is -2.88. The summed E-state index contributed by atoms with van der Waals surface area (Å²) in [4.78, 5) is 35.5. The molecule has 0 aromatic carbocycles. The first kappa shape index (κ1) is 20.8. The van der Waals surface area contributed by atoms with Crippen molar-refractivity contribution in [3.63, 3.8) is 0 Å². The standard InChI is InChI=1S/C19H26N4O6/c1-2-13-17-14(6-3-9-27-10-4-7-20-18(17)25)23(21-13)8-5-11-28-19(26)15-12-16(24)22-29-15/h12H,2-11H2,1H3,(H,20,25)(H,22,24). The zero-order valence-electron chi connectivity index (χ0n) is 16.5. The van der Waals surface area contributed by atoms with Crippen LogP contribution >= 0.6 is 0 Å². The number of ether oxygens (including phenoxy) is 2. The number of nitrogens with one attached hydrogen (secondary N) is 2. The van der Waals surface area contributed by atoms with Gasteiger partial charge in [0.25, 0.3) is 11.5 Å². The van der Waals surface area contributed by atoms with Crippen LogP contribution in [0.3, 0.4) is 0 Å². The average molecular weight is 406 g/mol. The molecule has 1 amide bonds. The Bertz CT molecular complexity index is 897. The van der Waals surface area contributed by atoms with Gasteiger partial charge in [-0.25, -0.2) is 4.79 Å². The van der Waals surface area contributed by atoms with Crippen molar-refractivity contribution in [2.75, 3.05) is 26.4 Å². The molecule has 0 fully saturated rings. The molecule has 0 aliphatic carbocycles. The van der Waals surface area contributed by atoms with Crippen molar-refractivity contribution in [2.45, 2.75) is 45.6 Å². The predicted octanol–water partition coefficient (Wildman–Crippen LogP) is 1.06. The van der Waals surface area contributed by atoms with E-state index in [0.29, 0.717) is 51.1 Å². The summed E-state index contributed by atoms with van der Waals surface area (Å²) in [5, 5.41) is 9.61. The summed E-state index contributed by atoms with van der Waals surface area (Å²) < 4.78 is 17.3. The molecular weight excluding hydrogens is 380 g/mol. The molecule has 2 N–H and O–H groups in total. The van der Waals surface area contributed by atoms with Crippen LogP contribution in [0.15, 0.2) is 15.4 Å². The molecule has 10 heteroatoms. The SMILES string of the molecule is CCc1nn(CCCOC(=O)c2cc(=O)[nH]o2)c2c1C(=O)NCCCOCCC2. The lowest BCUT2D eigenvalue weighted by Gasteiger charge is -2.10. The van der Waals surface area contributed by atoms with E-state index in [0.717, 1.165) is 30.3 Å². The Labute approximate surface area is 167 Å². The first-order chi connectivity index (χ1) is 14.1. The molecule has 29 heavy (non-hydrogen) atoms. The molecule has 0 saturated heterocycles. The number of esters is 1. The Morgan fingerprint density at radius 1 is 1.31 bits per heavy atom. The minimum Gasteiger partial charge on any atom is -0.460 e. The number of aromatic nitrogens is 3. The number of aryl methyl sites for hydroxylation is 2. The number of nitrogens with zero attached hydrogens (tertiary/aromatic N) is 2. The summed E-state index contributed by atoms with van der Waals surface area (Å²) in [6.45, 7) is 4.45. The second-order valence-electron chi connectivity index (χ2n) is 6.74. The van der Waals surface area contributed by atoms with E-state index in [1.165, 1.54) is 0 Å². The molecule has 0 unspecified atom stereocenters. The maximum Gasteiger partial charge on any atom is 0.377 e. The molecule has 3 heterocycles. The van der Waals surface area contributed by atoms with Gasteiger partial charge in [-0.05, 0) is 25.7 Å². The normalized spacial score (nSPS) is 15.3. The van der Waals surface area contributed by atoms with Crippen LogP contribution < -0.4 is 10.9 Å². The number of H-pyrrole nitrogens is 1. The van der Waals surface area contributed by atoms with Gasteiger partial charge in [-0.1, -0.05) is 6.92 Å². The highest BCUT2D eigenvalue weighted by atomic mass is 16.6. The summed E-state index contributed by atoms with van der Waals surface area (Å²) in [5.74, 6) is -0.958. The molecule has 0 spiro atoms. The van der Waals surface area contributed by atoms with Crippen molar-refractivity contribution in [2.24, 2.45) is 0 Å². The van der Waals surface area contributed by atoms with Gasteiger partial charge in [0.15, 0.2) is 0 Å². The number of carbonyl (C=O) groups is 2. The van der Waals surface area contributed by atoms with Crippen LogP contribution in [0.5, 0.6) is 0 Å². The van der Waals surface area contributed by atoms with E-state index < -0.39 is 11.5 Å². The fraction of sp³-hybridized carbons (Fsp3) is 0.579.